The van der Waals surface area contributed by atoms with E-state index in [1.165, 1.54) is 19.3 Å². The third kappa shape index (κ3) is 1.39. The molecule has 0 N–H and O–H groups in total. The molecule has 0 aromatic heterocycles. The predicted octanol–water partition coefficient (Wildman–Crippen LogP) is 2.40. The van der Waals surface area contributed by atoms with Gasteiger partial charge in [-0.15, -0.1) is 0 Å². The quantitative estimate of drug-likeness (QED) is 0.548. The number of rotatable bonds is 4. The Bertz CT molecular complexity index is 131. The van der Waals surface area contributed by atoms with Gasteiger partial charge in [0.15, 0.2) is 0 Å². The van der Waals surface area contributed by atoms with Crippen molar-refractivity contribution in [2.45, 2.75) is 39.5 Å². The lowest BCUT2D eigenvalue weighted by Gasteiger charge is -2.05. The topological polar surface area (TPSA) is 17.1 Å². The molecule has 0 aromatic rings. The van der Waals surface area contributed by atoms with E-state index in [-0.39, 0.29) is 0 Å². The second kappa shape index (κ2) is 2.73. The summed E-state index contributed by atoms with van der Waals surface area (Å²) >= 11 is 0. The summed E-state index contributed by atoms with van der Waals surface area (Å²) in [5.41, 5.74) is 0.401. The van der Waals surface area contributed by atoms with Gasteiger partial charge in [0.05, 0.1) is 0 Å². The van der Waals surface area contributed by atoms with E-state index in [4.69, 9.17) is 0 Å². The first-order valence-corrected chi connectivity index (χ1v) is 4.18. The molecule has 0 spiro atoms. The van der Waals surface area contributed by atoms with Gasteiger partial charge in [0.25, 0.3) is 0 Å². The molecule has 10 heavy (non-hydrogen) atoms. The van der Waals surface area contributed by atoms with Gasteiger partial charge >= 0.3 is 0 Å². The highest BCUT2D eigenvalue weighted by molar-refractivity contribution is 5.59. The molecule has 1 aliphatic rings. The monoisotopic (exact) mass is 140 g/mol. The fourth-order valence-electron chi connectivity index (χ4n) is 1.52. The summed E-state index contributed by atoms with van der Waals surface area (Å²) in [6.07, 6.45) is 6.03. The van der Waals surface area contributed by atoms with E-state index in [0.717, 1.165) is 12.7 Å². The van der Waals surface area contributed by atoms with Gasteiger partial charge in [-0.05, 0) is 18.3 Å². The van der Waals surface area contributed by atoms with Crippen LogP contribution in [0.1, 0.15) is 39.5 Å². The first-order valence-electron chi connectivity index (χ1n) is 4.18. The smallest absolute Gasteiger partial charge is 0.123 e. The molecule has 1 nitrogen and oxygen atoms in total. The molecule has 1 saturated carbocycles. The summed E-state index contributed by atoms with van der Waals surface area (Å²) in [5, 5.41) is 0. The second-order valence-electron chi connectivity index (χ2n) is 3.70. The highest BCUT2D eigenvalue weighted by atomic mass is 16.1. The summed E-state index contributed by atoms with van der Waals surface area (Å²) in [4.78, 5) is 10.3. The van der Waals surface area contributed by atoms with E-state index >= 15 is 0 Å². The number of carbonyl (C=O) groups excluding carboxylic acids is 1. The van der Waals surface area contributed by atoms with E-state index in [2.05, 4.69) is 13.8 Å². The van der Waals surface area contributed by atoms with Crippen molar-refractivity contribution in [2.75, 3.05) is 0 Å². The minimum atomic E-state index is 0.388. The van der Waals surface area contributed by atoms with Crippen LogP contribution >= 0.6 is 0 Å². The fourth-order valence-corrected chi connectivity index (χ4v) is 1.52. The third-order valence-electron chi connectivity index (χ3n) is 2.69. The molecule has 1 aliphatic carbocycles. The summed E-state index contributed by atoms with van der Waals surface area (Å²) in [6, 6.07) is 0. The van der Waals surface area contributed by atoms with Crippen molar-refractivity contribution < 1.29 is 4.79 Å². The van der Waals surface area contributed by atoms with Gasteiger partial charge in [-0.2, -0.15) is 0 Å². The maximum atomic E-state index is 10.3. The molecule has 1 rings (SSSR count). The average Bonchev–Trinajstić information content (AvgIpc) is 2.59. The predicted molar refractivity (Wildman–Crippen MR) is 41.8 cm³/mol. The van der Waals surface area contributed by atoms with Gasteiger partial charge in [0, 0.05) is 5.92 Å². The summed E-state index contributed by atoms with van der Waals surface area (Å²) in [6.45, 7) is 4.42. The standard InChI is InChI=1S/C9H16O/c1-3-4-5-9(2)6-8(9)7-10/h7-8H,3-6H2,1-2H3. The van der Waals surface area contributed by atoms with Gasteiger partial charge in [0.2, 0.25) is 0 Å². The van der Waals surface area contributed by atoms with Crippen LogP contribution in [0, 0.1) is 11.3 Å². The Labute approximate surface area is 62.8 Å². The lowest BCUT2D eigenvalue weighted by Crippen LogP contribution is -1.98. The van der Waals surface area contributed by atoms with Gasteiger partial charge < -0.3 is 4.79 Å². The van der Waals surface area contributed by atoms with Crippen LogP contribution in [0.15, 0.2) is 0 Å². The van der Waals surface area contributed by atoms with Crippen molar-refractivity contribution in [3.63, 3.8) is 0 Å². The third-order valence-corrected chi connectivity index (χ3v) is 2.69. The molecule has 0 radical (unpaired) electrons. The van der Waals surface area contributed by atoms with Crippen molar-refractivity contribution >= 4 is 6.29 Å². The van der Waals surface area contributed by atoms with Gasteiger partial charge in [-0.25, -0.2) is 0 Å². The Kier molecular flexibility index (Phi) is 2.12. The molecule has 2 unspecified atom stereocenters. The molecule has 1 heteroatoms. The lowest BCUT2D eigenvalue weighted by molar-refractivity contribution is -0.109. The lowest BCUT2D eigenvalue weighted by atomic mass is 9.99. The first kappa shape index (κ1) is 7.77. The molecule has 0 aliphatic heterocycles. The Balaban J connectivity index is 2.22. The van der Waals surface area contributed by atoms with Crippen LogP contribution in [-0.4, -0.2) is 6.29 Å². The van der Waals surface area contributed by atoms with E-state index in [1.54, 1.807) is 0 Å². The molecule has 0 amide bonds. The average molecular weight is 140 g/mol. The normalized spacial score (nSPS) is 37.6. The molecule has 0 heterocycles. The molecular formula is C9H16O. The summed E-state index contributed by atoms with van der Waals surface area (Å²) in [7, 11) is 0. The maximum Gasteiger partial charge on any atom is 0.123 e. The highest BCUT2D eigenvalue weighted by Gasteiger charge is 2.48. The zero-order valence-electron chi connectivity index (χ0n) is 6.89. The van der Waals surface area contributed by atoms with Crippen molar-refractivity contribution in [1.29, 1.82) is 0 Å². The maximum absolute atomic E-state index is 10.3. The van der Waals surface area contributed by atoms with Gasteiger partial charge in [-0.1, -0.05) is 26.7 Å². The first-order chi connectivity index (χ1) is 4.73. The van der Waals surface area contributed by atoms with Crippen LogP contribution in [0.25, 0.3) is 0 Å². The Morgan fingerprint density at radius 1 is 1.70 bits per heavy atom. The highest BCUT2D eigenvalue weighted by Crippen LogP contribution is 2.54. The zero-order valence-corrected chi connectivity index (χ0v) is 6.89. The Morgan fingerprint density at radius 3 is 2.80 bits per heavy atom. The van der Waals surface area contributed by atoms with Crippen LogP contribution in [0.5, 0.6) is 0 Å². The van der Waals surface area contributed by atoms with E-state index in [1.807, 2.05) is 0 Å². The molecule has 2 atom stereocenters. The number of carbonyl (C=O) groups is 1. The van der Waals surface area contributed by atoms with Crippen LogP contribution in [0.3, 0.4) is 0 Å². The van der Waals surface area contributed by atoms with Crippen LogP contribution in [0.4, 0.5) is 0 Å². The molecule has 0 bridgehead atoms. The minimum absolute atomic E-state index is 0.388. The molecule has 0 saturated heterocycles. The van der Waals surface area contributed by atoms with E-state index < -0.39 is 0 Å². The molecule has 58 valence electrons. The summed E-state index contributed by atoms with van der Waals surface area (Å²) < 4.78 is 0. The van der Waals surface area contributed by atoms with Gasteiger partial charge in [-0.3, -0.25) is 0 Å². The van der Waals surface area contributed by atoms with Gasteiger partial charge in [0.1, 0.15) is 6.29 Å². The zero-order chi connectivity index (χ0) is 7.61. The number of aldehydes is 1. The van der Waals surface area contributed by atoms with Crippen molar-refractivity contribution in [2.24, 2.45) is 11.3 Å². The number of unbranched alkanes of at least 4 members (excludes halogenated alkanes) is 1. The van der Waals surface area contributed by atoms with Crippen LogP contribution in [0.2, 0.25) is 0 Å². The van der Waals surface area contributed by atoms with E-state index in [9.17, 15) is 4.79 Å². The molecule has 1 fully saturated rings. The SMILES string of the molecule is CCCCC1(C)CC1C=O. The van der Waals surface area contributed by atoms with E-state index in [0.29, 0.717) is 11.3 Å². The number of hydrogen-bond donors (Lipinski definition) is 0. The minimum Gasteiger partial charge on any atom is -0.303 e. The van der Waals surface area contributed by atoms with Crippen molar-refractivity contribution in [3.8, 4) is 0 Å². The number of hydrogen-bond acceptors (Lipinski definition) is 1. The van der Waals surface area contributed by atoms with Crippen molar-refractivity contribution in [3.05, 3.63) is 0 Å². The van der Waals surface area contributed by atoms with Crippen LogP contribution in [-0.2, 0) is 4.79 Å². The molecule has 0 aromatic carbocycles. The Hall–Kier alpha value is -0.330. The second-order valence-corrected chi connectivity index (χ2v) is 3.70. The van der Waals surface area contributed by atoms with Crippen molar-refractivity contribution in [1.82, 2.24) is 0 Å². The fraction of sp³-hybridized carbons (Fsp3) is 0.889. The summed E-state index contributed by atoms with van der Waals surface area (Å²) in [5.74, 6) is 0.388. The largest absolute Gasteiger partial charge is 0.303 e. The Morgan fingerprint density at radius 2 is 2.40 bits per heavy atom. The molecular weight excluding hydrogens is 124 g/mol. The van der Waals surface area contributed by atoms with Crippen LogP contribution < -0.4 is 0 Å².